The second kappa shape index (κ2) is 7.29. The summed E-state index contributed by atoms with van der Waals surface area (Å²) in [6.07, 6.45) is 1.05. The Balaban J connectivity index is 2.85. The van der Waals surface area contributed by atoms with E-state index in [0.717, 1.165) is 24.3 Å². The number of likely N-dealkylation sites (N-methyl/N-ethyl adjacent to an activating group) is 1. The molecule has 0 radical (unpaired) electrons. The van der Waals surface area contributed by atoms with E-state index in [-0.39, 0.29) is 11.8 Å². The molecule has 3 heteroatoms. The molecule has 1 aromatic rings. The number of rotatable bonds is 7. The summed E-state index contributed by atoms with van der Waals surface area (Å²) in [5, 5.41) is 0. The quantitative estimate of drug-likeness (QED) is 0.706. The molecule has 0 fully saturated rings. The van der Waals surface area contributed by atoms with Gasteiger partial charge in [-0.1, -0.05) is 13.8 Å². The summed E-state index contributed by atoms with van der Waals surface area (Å²) in [5.41, 5.74) is 0.745. The number of nitrogens with zero attached hydrogens (tertiary/aromatic N) is 1. The van der Waals surface area contributed by atoms with Crippen LogP contribution in [0.4, 0.5) is 0 Å². The third kappa shape index (κ3) is 3.80. The van der Waals surface area contributed by atoms with Gasteiger partial charge in [0, 0.05) is 11.6 Å². The maximum atomic E-state index is 12.5. The van der Waals surface area contributed by atoms with E-state index in [1.807, 2.05) is 31.2 Å². The van der Waals surface area contributed by atoms with Crippen LogP contribution < -0.4 is 4.74 Å². The molecule has 0 aliphatic heterocycles. The van der Waals surface area contributed by atoms with E-state index < -0.39 is 0 Å². The number of hydrogen-bond acceptors (Lipinski definition) is 3. The van der Waals surface area contributed by atoms with Crippen LogP contribution in [0.25, 0.3) is 0 Å². The smallest absolute Gasteiger partial charge is 0.179 e. The first-order chi connectivity index (χ1) is 9.04. The zero-order valence-corrected chi connectivity index (χ0v) is 12.6. The molecule has 0 amide bonds. The molecule has 0 spiro atoms. The summed E-state index contributed by atoms with van der Waals surface area (Å²) < 4.78 is 5.11. The Hall–Kier alpha value is -1.35. The van der Waals surface area contributed by atoms with Crippen LogP contribution in [0.5, 0.6) is 5.75 Å². The van der Waals surface area contributed by atoms with Crippen LogP contribution in [0.3, 0.4) is 0 Å². The number of carbonyl (C=O) groups excluding carboxylic acids is 1. The number of ether oxygens (including phenoxy) is 1. The van der Waals surface area contributed by atoms with Gasteiger partial charge in [-0.05, 0) is 51.1 Å². The SMILES string of the molecule is CCC(C)N(CC)C(C)C(=O)c1ccc(OC)cc1. The second-order valence-corrected chi connectivity index (χ2v) is 4.86. The highest BCUT2D eigenvalue weighted by atomic mass is 16.5. The number of methoxy groups -OCH3 is 1. The first-order valence-electron chi connectivity index (χ1n) is 6.99. The molecule has 3 nitrogen and oxygen atoms in total. The van der Waals surface area contributed by atoms with Crippen molar-refractivity contribution in [3.63, 3.8) is 0 Å². The molecular formula is C16H25NO2. The Morgan fingerprint density at radius 3 is 2.21 bits per heavy atom. The highest BCUT2D eigenvalue weighted by Gasteiger charge is 2.24. The van der Waals surface area contributed by atoms with Crippen molar-refractivity contribution in [1.82, 2.24) is 4.90 Å². The van der Waals surface area contributed by atoms with E-state index in [4.69, 9.17) is 4.74 Å². The highest BCUT2D eigenvalue weighted by molar-refractivity contribution is 5.99. The van der Waals surface area contributed by atoms with Crippen molar-refractivity contribution in [1.29, 1.82) is 0 Å². The topological polar surface area (TPSA) is 29.5 Å². The first-order valence-corrected chi connectivity index (χ1v) is 6.99. The lowest BCUT2D eigenvalue weighted by molar-refractivity contribution is 0.0782. The van der Waals surface area contributed by atoms with Gasteiger partial charge in [0.1, 0.15) is 5.75 Å². The van der Waals surface area contributed by atoms with Crippen LogP contribution in [-0.2, 0) is 0 Å². The average Bonchev–Trinajstić information content (AvgIpc) is 2.46. The predicted octanol–water partition coefficient (Wildman–Crippen LogP) is 3.39. The third-order valence-electron chi connectivity index (χ3n) is 3.77. The van der Waals surface area contributed by atoms with Crippen LogP contribution in [0.2, 0.25) is 0 Å². The molecule has 106 valence electrons. The molecule has 2 atom stereocenters. The van der Waals surface area contributed by atoms with E-state index in [1.165, 1.54) is 0 Å². The summed E-state index contributed by atoms with van der Waals surface area (Å²) in [4.78, 5) is 14.7. The number of ketones is 1. The van der Waals surface area contributed by atoms with E-state index >= 15 is 0 Å². The molecule has 0 aliphatic carbocycles. The van der Waals surface area contributed by atoms with Gasteiger partial charge in [-0.15, -0.1) is 0 Å². The van der Waals surface area contributed by atoms with Gasteiger partial charge in [-0.3, -0.25) is 9.69 Å². The maximum absolute atomic E-state index is 12.5. The van der Waals surface area contributed by atoms with Gasteiger partial charge in [-0.2, -0.15) is 0 Å². The fraction of sp³-hybridized carbons (Fsp3) is 0.562. The van der Waals surface area contributed by atoms with E-state index in [0.29, 0.717) is 6.04 Å². The van der Waals surface area contributed by atoms with E-state index in [2.05, 4.69) is 25.7 Å². The zero-order valence-electron chi connectivity index (χ0n) is 12.6. The van der Waals surface area contributed by atoms with Crippen LogP contribution in [-0.4, -0.2) is 36.4 Å². The lowest BCUT2D eigenvalue weighted by Gasteiger charge is -2.32. The minimum Gasteiger partial charge on any atom is -0.497 e. The molecule has 0 bridgehead atoms. The van der Waals surface area contributed by atoms with Crippen LogP contribution in [0.1, 0.15) is 44.5 Å². The molecular weight excluding hydrogens is 238 g/mol. The first kappa shape index (κ1) is 15.7. The molecule has 1 aromatic carbocycles. The molecule has 0 aliphatic rings. The van der Waals surface area contributed by atoms with Crippen LogP contribution >= 0.6 is 0 Å². The molecule has 0 N–H and O–H groups in total. The zero-order chi connectivity index (χ0) is 14.4. The van der Waals surface area contributed by atoms with Gasteiger partial charge >= 0.3 is 0 Å². The normalized spacial score (nSPS) is 14.2. The number of benzene rings is 1. The molecule has 0 saturated carbocycles. The lowest BCUT2D eigenvalue weighted by atomic mass is 10.0. The van der Waals surface area contributed by atoms with Gasteiger partial charge in [0.15, 0.2) is 5.78 Å². The molecule has 0 saturated heterocycles. The van der Waals surface area contributed by atoms with E-state index in [9.17, 15) is 4.79 Å². The predicted molar refractivity (Wildman–Crippen MR) is 78.9 cm³/mol. The summed E-state index contributed by atoms with van der Waals surface area (Å²) in [6, 6.07) is 7.67. The summed E-state index contributed by atoms with van der Waals surface area (Å²) in [5.74, 6) is 0.947. The van der Waals surface area contributed by atoms with Gasteiger partial charge < -0.3 is 4.74 Å². The van der Waals surface area contributed by atoms with Crippen molar-refractivity contribution in [3.8, 4) is 5.75 Å². The monoisotopic (exact) mass is 263 g/mol. The van der Waals surface area contributed by atoms with Gasteiger partial charge in [0.2, 0.25) is 0 Å². The average molecular weight is 263 g/mol. The minimum absolute atomic E-state index is 0.0895. The summed E-state index contributed by atoms with van der Waals surface area (Å²) >= 11 is 0. The van der Waals surface area contributed by atoms with Gasteiger partial charge in [-0.25, -0.2) is 0 Å². The van der Waals surface area contributed by atoms with Crippen molar-refractivity contribution >= 4 is 5.78 Å². The highest BCUT2D eigenvalue weighted by Crippen LogP contribution is 2.16. The van der Waals surface area contributed by atoms with Crippen molar-refractivity contribution in [3.05, 3.63) is 29.8 Å². The Morgan fingerprint density at radius 1 is 1.21 bits per heavy atom. The van der Waals surface area contributed by atoms with Crippen molar-refractivity contribution in [2.75, 3.05) is 13.7 Å². The Bertz CT molecular complexity index is 400. The van der Waals surface area contributed by atoms with Gasteiger partial charge in [0.05, 0.1) is 13.2 Å². The Labute approximate surface area is 116 Å². The fourth-order valence-corrected chi connectivity index (χ4v) is 2.35. The van der Waals surface area contributed by atoms with Crippen LogP contribution in [0.15, 0.2) is 24.3 Å². The van der Waals surface area contributed by atoms with Crippen molar-refractivity contribution in [2.24, 2.45) is 0 Å². The molecule has 0 aromatic heterocycles. The van der Waals surface area contributed by atoms with Crippen molar-refractivity contribution in [2.45, 2.75) is 46.2 Å². The number of Topliss-reactive ketones (excluding diaryl/α,β-unsaturated/α-hetero) is 1. The minimum atomic E-state index is -0.0895. The molecule has 19 heavy (non-hydrogen) atoms. The third-order valence-corrected chi connectivity index (χ3v) is 3.77. The van der Waals surface area contributed by atoms with Gasteiger partial charge in [0.25, 0.3) is 0 Å². The summed E-state index contributed by atoms with van der Waals surface area (Å²) in [6.45, 7) is 9.30. The largest absolute Gasteiger partial charge is 0.497 e. The fourth-order valence-electron chi connectivity index (χ4n) is 2.35. The standard InChI is InChI=1S/C16H25NO2/c1-6-12(3)17(7-2)13(4)16(18)14-8-10-15(19-5)11-9-14/h8-13H,6-7H2,1-5H3. The molecule has 1 rings (SSSR count). The maximum Gasteiger partial charge on any atom is 0.179 e. The summed E-state index contributed by atoms with van der Waals surface area (Å²) in [7, 11) is 1.63. The second-order valence-electron chi connectivity index (χ2n) is 4.86. The Morgan fingerprint density at radius 2 is 1.79 bits per heavy atom. The number of hydrogen-bond donors (Lipinski definition) is 0. The Kier molecular flexibility index (Phi) is 6.03. The lowest BCUT2D eigenvalue weighted by Crippen LogP contribution is -2.44. The van der Waals surface area contributed by atoms with E-state index in [1.54, 1.807) is 7.11 Å². The molecule has 0 heterocycles. The van der Waals surface area contributed by atoms with Crippen molar-refractivity contribution < 1.29 is 9.53 Å². The molecule has 2 unspecified atom stereocenters. The number of carbonyl (C=O) groups is 1. The van der Waals surface area contributed by atoms with Crippen LogP contribution in [0, 0.1) is 0 Å².